The molecule has 0 fully saturated rings. The highest BCUT2D eigenvalue weighted by atomic mass is 16.6. The molecular weight excluding hydrogens is 530 g/mol. The molecule has 234 valence electrons. The van der Waals surface area contributed by atoms with Crippen molar-refractivity contribution in [3.05, 3.63) is 65.7 Å². The summed E-state index contributed by atoms with van der Waals surface area (Å²) in [6.45, 7) is 11.9. The number of esters is 1. The lowest BCUT2D eigenvalue weighted by molar-refractivity contribution is -0.150. The molecule has 1 aliphatic rings. The molecule has 0 radical (unpaired) electrons. The van der Waals surface area contributed by atoms with Crippen LogP contribution in [0, 0.1) is 0 Å². The molecule has 1 heterocycles. The Morgan fingerprint density at radius 2 is 1.62 bits per heavy atom. The number of unbranched alkanes of at least 4 members (excludes halogenated alkanes) is 4. The Morgan fingerprint density at radius 3 is 2.31 bits per heavy atom. The summed E-state index contributed by atoms with van der Waals surface area (Å²) in [5, 5.41) is 13.8. The molecule has 0 saturated heterocycles. The van der Waals surface area contributed by atoms with E-state index in [2.05, 4.69) is 30.1 Å². The molecule has 2 aromatic rings. The molecule has 0 saturated carbocycles. The Balaban J connectivity index is 0.00000211. The largest absolute Gasteiger partial charge is 0.479 e. The molecule has 1 atom stereocenters. The van der Waals surface area contributed by atoms with Gasteiger partial charge in [-0.2, -0.15) is 5.10 Å². The molecular formula is C34H53N3O5. The van der Waals surface area contributed by atoms with E-state index in [0.717, 1.165) is 63.3 Å². The van der Waals surface area contributed by atoms with E-state index in [9.17, 15) is 9.59 Å². The minimum Gasteiger partial charge on any atom is -0.479 e. The molecule has 2 aromatic carbocycles. The molecule has 3 rings (SSSR count). The average Bonchev–Trinajstić information content (AvgIpc) is 3.02. The van der Waals surface area contributed by atoms with Crippen LogP contribution in [0.25, 0.3) is 0 Å². The van der Waals surface area contributed by atoms with E-state index < -0.39 is 6.10 Å². The van der Waals surface area contributed by atoms with Gasteiger partial charge in [0.2, 0.25) is 0 Å². The highest BCUT2D eigenvalue weighted by molar-refractivity contribution is 6.39. The number of hydrazone groups is 1. The number of hydrogen-bond donors (Lipinski definition) is 1. The monoisotopic (exact) mass is 583 g/mol. The third-order valence-corrected chi connectivity index (χ3v) is 6.58. The maximum absolute atomic E-state index is 13.2. The fraction of sp³-hybridized carbons (Fsp3) is 0.559. The van der Waals surface area contributed by atoms with Crippen molar-refractivity contribution in [2.75, 3.05) is 26.9 Å². The van der Waals surface area contributed by atoms with E-state index in [1.807, 2.05) is 55.1 Å². The van der Waals surface area contributed by atoms with Crippen molar-refractivity contribution in [2.45, 2.75) is 98.6 Å². The van der Waals surface area contributed by atoms with Gasteiger partial charge in [0.25, 0.3) is 5.91 Å². The minimum absolute atomic E-state index is 0.0652. The van der Waals surface area contributed by atoms with Gasteiger partial charge in [-0.1, -0.05) is 82.5 Å². The summed E-state index contributed by atoms with van der Waals surface area (Å²) >= 11 is 0. The number of ether oxygens (including phenoxy) is 2. The molecule has 8 nitrogen and oxygen atoms in total. The predicted octanol–water partition coefficient (Wildman–Crippen LogP) is 6.60. The second kappa shape index (κ2) is 22.2. The number of carbonyl (C=O) groups is 2. The topological polar surface area (TPSA) is 91.7 Å². The third kappa shape index (κ3) is 13.5. The van der Waals surface area contributed by atoms with Crippen molar-refractivity contribution >= 4 is 17.6 Å². The molecule has 1 aliphatic heterocycles. The van der Waals surface area contributed by atoms with Gasteiger partial charge in [-0.15, -0.1) is 0 Å². The fourth-order valence-corrected chi connectivity index (χ4v) is 4.52. The highest BCUT2D eigenvalue weighted by Crippen LogP contribution is 2.19. The van der Waals surface area contributed by atoms with Crippen LogP contribution < -0.4 is 4.74 Å². The Morgan fingerprint density at radius 1 is 0.929 bits per heavy atom. The second-order valence-corrected chi connectivity index (χ2v) is 9.83. The van der Waals surface area contributed by atoms with Gasteiger partial charge >= 0.3 is 5.97 Å². The summed E-state index contributed by atoms with van der Waals surface area (Å²) in [6, 6.07) is 18.0. The molecule has 1 N–H and O–H groups in total. The van der Waals surface area contributed by atoms with Crippen molar-refractivity contribution in [3.63, 3.8) is 0 Å². The van der Waals surface area contributed by atoms with Crippen LogP contribution in [0.4, 0.5) is 0 Å². The van der Waals surface area contributed by atoms with Gasteiger partial charge in [-0.3, -0.25) is 9.80 Å². The van der Waals surface area contributed by atoms with E-state index in [1.165, 1.54) is 12.8 Å². The summed E-state index contributed by atoms with van der Waals surface area (Å²) in [6.07, 6.45) is 7.43. The van der Waals surface area contributed by atoms with Crippen LogP contribution in [-0.4, -0.2) is 65.6 Å². The first kappa shape index (κ1) is 36.6. The zero-order chi connectivity index (χ0) is 31.2. The molecule has 1 amide bonds. The number of benzene rings is 2. The zero-order valence-electron chi connectivity index (χ0n) is 26.7. The van der Waals surface area contributed by atoms with Crippen LogP contribution in [0.3, 0.4) is 0 Å². The van der Waals surface area contributed by atoms with Crippen LogP contribution in [0.1, 0.15) is 90.7 Å². The van der Waals surface area contributed by atoms with Gasteiger partial charge in [0, 0.05) is 20.2 Å². The Hall–Kier alpha value is -3.39. The first-order valence-electron chi connectivity index (χ1n) is 15.5. The normalized spacial score (nSPS) is 13.2. The number of aliphatic hydroxyl groups excluding tert-OH is 1. The smallest absolute Gasteiger partial charge is 0.347 e. The number of aliphatic hydroxyl groups is 1. The van der Waals surface area contributed by atoms with Gasteiger partial charge in [0.1, 0.15) is 18.1 Å². The van der Waals surface area contributed by atoms with Gasteiger partial charge in [-0.05, 0) is 69.2 Å². The maximum atomic E-state index is 13.2. The van der Waals surface area contributed by atoms with Crippen LogP contribution in [0.5, 0.6) is 5.75 Å². The number of hydrogen-bond acceptors (Lipinski definition) is 7. The fourth-order valence-electron chi connectivity index (χ4n) is 4.52. The quantitative estimate of drug-likeness (QED) is 0.177. The summed E-state index contributed by atoms with van der Waals surface area (Å²) in [5.74, 6) is 0.381. The zero-order valence-corrected chi connectivity index (χ0v) is 26.7. The van der Waals surface area contributed by atoms with Gasteiger partial charge in [-0.25, -0.2) is 4.79 Å². The molecule has 0 aliphatic carbocycles. The van der Waals surface area contributed by atoms with E-state index >= 15 is 0 Å². The van der Waals surface area contributed by atoms with Crippen LogP contribution in [-0.2, 0) is 27.3 Å². The molecule has 0 aromatic heterocycles. The lowest BCUT2D eigenvalue weighted by Crippen LogP contribution is -2.47. The molecule has 1 unspecified atom stereocenters. The number of aryl methyl sites for hydroxylation is 1. The molecule has 0 bridgehead atoms. The van der Waals surface area contributed by atoms with Crippen molar-refractivity contribution in [3.8, 4) is 5.75 Å². The summed E-state index contributed by atoms with van der Waals surface area (Å²) < 4.78 is 10.8. The predicted molar refractivity (Wildman–Crippen MR) is 170 cm³/mol. The SMILES string of the molecule is CC.CCCCCCC1=NN(CCCCc2cccc(OC(C)C(=O)OCC)c2)CN(Cc2ccccc2)C1=O.CO. The van der Waals surface area contributed by atoms with E-state index in [1.54, 1.807) is 13.8 Å². The lowest BCUT2D eigenvalue weighted by Gasteiger charge is -2.34. The van der Waals surface area contributed by atoms with E-state index in [-0.39, 0.29) is 11.9 Å². The number of carbonyl (C=O) groups excluding carboxylic acids is 2. The van der Waals surface area contributed by atoms with E-state index in [4.69, 9.17) is 19.7 Å². The van der Waals surface area contributed by atoms with Gasteiger partial charge in [0.05, 0.1) is 6.61 Å². The Bertz CT molecular complexity index is 1040. The lowest BCUT2D eigenvalue weighted by atomic mass is 10.1. The third-order valence-electron chi connectivity index (χ3n) is 6.58. The first-order chi connectivity index (χ1) is 20.5. The van der Waals surface area contributed by atoms with Crippen LogP contribution in [0.15, 0.2) is 59.7 Å². The summed E-state index contributed by atoms with van der Waals surface area (Å²) in [4.78, 5) is 27.0. The van der Waals surface area contributed by atoms with Gasteiger partial charge < -0.3 is 19.5 Å². The second-order valence-electron chi connectivity index (χ2n) is 9.83. The first-order valence-corrected chi connectivity index (χ1v) is 15.5. The van der Waals surface area contributed by atoms with Crippen LogP contribution >= 0.6 is 0 Å². The number of nitrogens with zero attached hydrogens (tertiary/aromatic N) is 3. The summed E-state index contributed by atoms with van der Waals surface area (Å²) in [7, 11) is 1.00. The molecule has 42 heavy (non-hydrogen) atoms. The van der Waals surface area contributed by atoms with Gasteiger partial charge in [0.15, 0.2) is 6.10 Å². The van der Waals surface area contributed by atoms with Crippen molar-refractivity contribution in [2.24, 2.45) is 5.10 Å². The summed E-state index contributed by atoms with van der Waals surface area (Å²) in [5.41, 5.74) is 2.98. The van der Waals surface area contributed by atoms with Crippen molar-refractivity contribution in [1.82, 2.24) is 9.91 Å². The van der Waals surface area contributed by atoms with Crippen LogP contribution in [0.2, 0.25) is 0 Å². The highest BCUT2D eigenvalue weighted by Gasteiger charge is 2.27. The maximum Gasteiger partial charge on any atom is 0.347 e. The van der Waals surface area contributed by atoms with Crippen molar-refractivity contribution < 1.29 is 24.2 Å². The average molecular weight is 584 g/mol. The number of rotatable bonds is 16. The number of amides is 1. The Kier molecular flexibility index (Phi) is 19.4. The Labute approximate surface area is 253 Å². The minimum atomic E-state index is -0.639. The standard InChI is InChI=1S/C31H43N3O4.C2H6.CH4O/c1-4-6-7-11-20-29-30(35)33(23-27-16-9-8-10-17-27)24-34(32-29)21-13-12-15-26-18-14-19-28(22-26)38-25(3)31(36)37-5-2;2*1-2/h8-10,14,16-19,22,25H,4-7,11-13,15,20-21,23-24H2,1-3H3;1-2H3;2H,1H3. The van der Waals surface area contributed by atoms with E-state index in [0.29, 0.717) is 31.3 Å². The molecule has 0 spiro atoms. The van der Waals surface area contributed by atoms with Crippen molar-refractivity contribution in [1.29, 1.82) is 0 Å². The molecule has 8 heteroatoms.